The smallest absolute Gasteiger partial charge is 0.257 e. The second kappa shape index (κ2) is 8.96. The van der Waals surface area contributed by atoms with Gasteiger partial charge in [-0.15, -0.1) is 0 Å². The van der Waals surface area contributed by atoms with E-state index >= 15 is 0 Å². The lowest BCUT2D eigenvalue weighted by atomic mass is 10.0. The van der Waals surface area contributed by atoms with Crippen LogP contribution in [0.5, 0.6) is 5.75 Å². The molecule has 3 aliphatic rings. The Bertz CT molecular complexity index is 1030. The Kier molecular flexibility index (Phi) is 5.87. The molecule has 0 unspecified atom stereocenters. The molecule has 7 nitrogen and oxygen atoms in total. The van der Waals surface area contributed by atoms with Crippen LogP contribution in [0, 0.1) is 0 Å². The summed E-state index contributed by atoms with van der Waals surface area (Å²) in [5.74, 6) is 0.980. The normalized spacial score (nSPS) is 20.8. The van der Waals surface area contributed by atoms with Gasteiger partial charge in [0.25, 0.3) is 11.8 Å². The number of rotatable bonds is 3. The number of anilines is 2. The van der Waals surface area contributed by atoms with Crippen molar-refractivity contribution in [2.24, 2.45) is 0 Å². The first-order chi connectivity index (χ1) is 16.1. The zero-order valence-electron chi connectivity index (χ0n) is 19.5. The van der Waals surface area contributed by atoms with Gasteiger partial charge in [0, 0.05) is 51.0 Å². The third-order valence-corrected chi connectivity index (χ3v) is 7.29. The van der Waals surface area contributed by atoms with E-state index in [1.165, 1.54) is 0 Å². The van der Waals surface area contributed by atoms with Crippen molar-refractivity contribution >= 4 is 23.2 Å². The number of nitrogens with zero attached hydrogens (tertiary/aromatic N) is 4. The van der Waals surface area contributed by atoms with E-state index in [0.29, 0.717) is 24.2 Å². The number of piperazine rings is 1. The van der Waals surface area contributed by atoms with Crippen LogP contribution in [0.3, 0.4) is 0 Å². The lowest BCUT2D eigenvalue weighted by Gasteiger charge is -2.43. The van der Waals surface area contributed by atoms with Gasteiger partial charge < -0.3 is 24.3 Å². The fourth-order valence-electron chi connectivity index (χ4n) is 5.33. The maximum Gasteiger partial charge on any atom is 0.257 e. The molecule has 0 spiro atoms. The highest BCUT2D eigenvalue weighted by Crippen LogP contribution is 2.34. The largest absolute Gasteiger partial charge is 0.497 e. The molecule has 2 amide bonds. The van der Waals surface area contributed by atoms with E-state index in [1.54, 1.807) is 7.11 Å². The third-order valence-electron chi connectivity index (χ3n) is 7.29. The predicted molar refractivity (Wildman–Crippen MR) is 129 cm³/mol. The Morgan fingerprint density at radius 3 is 2.42 bits per heavy atom. The average molecular weight is 449 g/mol. The second-order valence-electron chi connectivity index (χ2n) is 9.15. The average Bonchev–Trinajstić information content (AvgIpc) is 3.13. The molecular formula is C26H32N4O3. The maximum atomic E-state index is 13.3. The zero-order valence-corrected chi connectivity index (χ0v) is 19.5. The van der Waals surface area contributed by atoms with Crippen molar-refractivity contribution in [2.75, 3.05) is 56.7 Å². The van der Waals surface area contributed by atoms with Crippen molar-refractivity contribution in [3.8, 4) is 5.75 Å². The number of hydrogen-bond donors (Lipinski definition) is 0. The molecule has 2 saturated heterocycles. The molecule has 3 heterocycles. The number of hydrogen-bond acceptors (Lipinski definition) is 5. The Balaban J connectivity index is 1.30. The van der Waals surface area contributed by atoms with Crippen molar-refractivity contribution in [3.05, 3.63) is 53.6 Å². The van der Waals surface area contributed by atoms with Gasteiger partial charge in [0.05, 0.1) is 18.4 Å². The summed E-state index contributed by atoms with van der Waals surface area (Å²) in [5.41, 5.74) is 3.39. The summed E-state index contributed by atoms with van der Waals surface area (Å²) in [6.45, 7) is 3.74. The van der Waals surface area contributed by atoms with Crippen LogP contribution >= 0.6 is 0 Å². The molecule has 33 heavy (non-hydrogen) atoms. The minimum atomic E-state index is 0.0383. The van der Waals surface area contributed by atoms with E-state index < -0.39 is 0 Å². The summed E-state index contributed by atoms with van der Waals surface area (Å²) < 4.78 is 5.24. The topological polar surface area (TPSA) is 56.3 Å². The lowest BCUT2D eigenvalue weighted by molar-refractivity contribution is 0.0659. The van der Waals surface area contributed by atoms with Gasteiger partial charge in [-0.1, -0.05) is 6.42 Å². The molecule has 0 radical (unpaired) electrons. The van der Waals surface area contributed by atoms with Gasteiger partial charge in [0.2, 0.25) is 0 Å². The van der Waals surface area contributed by atoms with E-state index in [2.05, 4.69) is 29.0 Å². The number of ether oxygens (including phenoxy) is 1. The molecule has 3 aliphatic heterocycles. The molecule has 0 saturated carbocycles. The van der Waals surface area contributed by atoms with Gasteiger partial charge in [-0.3, -0.25) is 9.59 Å². The number of fused-ring (bicyclic) bond motifs is 2. The quantitative estimate of drug-likeness (QED) is 0.720. The molecule has 0 aliphatic carbocycles. The first-order valence-electron chi connectivity index (χ1n) is 11.9. The van der Waals surface area contributed by atoms with Crippen molar-refractivity contribution in [2.45, 2.75) is 31.8 Å². The van der Waals surface area contributed by atoms with Crippen molar-refractivity contribution in [3.63, 3.8) is 0 Å². The van der Waals surface area contributed by atoms with Crippen LogP contribution in [0.2, 0.25) is 0 Å². The van der Waals surface area contributed by atoms with Gasteiger partial charge in [0.1, 0.15) is 11.9 Å². The molecule has 1 atom stereocenters. The van der Waals surface area contributed by atoms with Gasteiger partial charge in [-0.05, 0) is 61.7 Å². The Labute approximate surface area is 195 Å². The highest BCUT2D eigenvalue weighted by Gasteiger charge is 2.37. The van der Waals surface area contributed by atoms with Crippen molar-refractivity contribution in [1.29, 1.82) is 0 Å². The SMILES string of the molecule is COc1ccc(N2CCN(C(=O)c3ccc4c(c3)N(C)[C@H]3CCCCCN3C4=O)CC2)cc1. The molecule has 174 valence electrons. The van der Waals surface area contributed by atoms with E-state index in [-0.39, 0.29) is 18.0 Å². The first-order valence-corrected chi connectivity index (χ1v) is 11.9. The minimum absolute atomic E-state index is 0.0383. The molecular weight excluding hydrogens is 416 g/mol. The standard InChI is InChI=1S/C26H32N4O3/c1-27-23-18-19(7-12-22(23)26(32)30-13-5-3-4-6-24(27)30)25(31)29-16-14-28(15-17-29)20-8-10-21(33-2)11-9-20/h7-12,18,24H,3-6,13-17H2,1-2H3/t24-/m1/s1. The van der Waals surface area contributed by atoms with Gasteiger partial charge >= 0.3 is 0 Å². The third kappa shape index (κ3) is 4.01. The van der Waals surface area contributed by atoms with Gasteiger partial charge in [0.15, 0.2) is 0 Å². The van der Waals surface area contributed by atoms with Gasteiger partial charge in [-0.25, -0.2) is 0 Å². The number of carbonyl (C=O) groups is 2. The number of benzene rings is 2. The molecule has 2 aromatic carbocycles. The molecule has 7 heteroatoms. The van der Waals surface area contributed by atoms with Crippen LogP contribution in [-0.4, -0.2) is 74.7 Å². The molecule has 2 fully saturated rings. The van der Waals surface area contributed by atoms with E-state index in [4.69, 9.17) is 4.74 Å². The molecule has 0 bridgehead atoms. The predicted octanol–water partition coefficient (Wildman–Crippen LogP) is 3.45. The number of carbonyl (C=O) groups excluding carboxylic acids is 2. The fourth-order valence-corrected chi connectivity index (χ4v) is 5.33. The molecule has 0 aromatic heterocycles. The molecule has 5 rings (SSSR count). The van der Waals surface area contributed by atoms with E-state index in [9.17, 15) is 9.59 Å². The maximum absolute atomic E-state index is 13.3. The first kappa shape index (κ1) is 21.6. The summed E-state index contributed by atoms with van der Waals surface area (Å²) in [6, 6.07) is 13.6. The highest BCUT2D eigenvalue weighted by molar-refractivity contribution is 6.04. The summed E-state index contributed by atoms with van der Waals surface area (Å²) >= 11 is 0. The Morgan fingerprint density at radius 1 is 0.939 bits per heavy atom. The van der Waals surface area contributed by atoms with E-state index in [1.807, 2.05) is 40.1 Å². The van der Waals surface area contributed by atoms with Crippen molar-refractivity contribution < 1.29 is 14.3 Å². The number of methoxy groups -OCH3 is 1. The Morgan fingerprint density at radius 2 is 1.70 bits per heavy atom. The van der Waals surface area contributed by atoms with Crippen LogP contribution in [-0.2, 0) is 0 Å². The van der Waals surface area contributed by atoms with Crippen molar-refractivity contribution in [1.82, 2.24) is 9.80 Å². The Hall–Kier alpha value is -3.22. The van der Waals surface area contributed by atoms with Crippen LogP contribution in [0.25, 0.3) is 0 Å². The van der Waals surface area contributed by atoms with Crippen LogP contribution in [0.4, 0.5) is 11.4 Å². The zero-order chi connectivity index (χ0) is 22.9. The molecule has 0 N–H and O–H groups in total. The van der Waals surface area contributed by atoms with Gasteiger partial charge in [-0.2, -0.15) is 0 Å². The second-order valence-corrected chi connectivity index (χ2v) is 9.15. The van der Waals surface area contributed by atoms with E-state index in [0.717, 1.165) is 62.4 Å². The van der Waals surface area contributed by atoms with Crippen LogP contribution < -0.4 is 14.5 Å². The lowest BCUT2D eigenvalue weighted by Crippen LogP contribution is -2.53. The fraction of sp³-hybridized carbons (Fsp3) is 0.462. The molecule has 2 aromatic rings. The minimum Gasteiger partial charge on any atom is -0.497 e. The number of amides is 2. The van der Waals surface area contributed by atoms with Crippen LogP contribution in [0.1, 0.15) is 46.4 Å². The monoisotopic (exact) mass is 448 g/mol. The summed E-state index contributed by atoms with van der Waals surface area (Å²) in [4.78, 5) is 34.9. The summed E-state index contributed by atoms with van der Waals surface area (Å²) in [6.07, 6.45) is 4.42. The summed E-state index contributed by atoms with van der Waals surface area (Å²) in [5, 5.41) is 0. The summed E-state index contributed by atoms with van der Waals surface area (Å²) in [7, 11) is 3.72. The van der Waals surface area contributed by atoms with Crippen LogP contribution in [0.15, 0.2) is 42.5 Å². The highest BCUT2D eigenvalue weighted by atomic mass is 16.5.